The molecule has 0 saturated carbocycles. The summed E-state index contributed by atoms with van der Waals surface area (Å²) in [6.07, 6.45) is 3.43. The van der Waals surface area contributed by atoms with Gasteiger partial charge in [-0.15, -0.1) is 0 Å². The third-order valence-electron chi connectivity index (χ3n) is 1.91. The van der Waals surface area contributed by atoms with Gasteiger partial charge in [-0.2, -0.15) is 0 Å². The van der Waals surface area contributed by atoms with Crippen molar-refractivity contribution in [1.82, 2.24) is 5.32 Å². The van der Waals surface area contributed by atoms with Crippen LogP contribution in [0.5, 0.6) is 0 Å². The van der Waals surface area contributed by atoms with Crippen molar-refractivity contribution in [2.24, 2.45) is 0 Å². The van der Waals surface area contributed by atoms with Gasteiger partial charge in [0.2, 0.25) is 0 Å². The fourth-order valence-electron chi connectivity index (χ4n) is 1.01. The van der Waals surface area contributed by atoms with Gasteiger partial charge in [0.15, 0.2) is 6.10 Å². The number of nitrogens with one attached hydrogen (secondary N) is 1. The van der Waals surface area contributed by atoms with E-state index < -0.39 is 12.1 Å². The Labute approximate surface area is 90.7 Å². The van der Waals surface area contributed by atoms with Gasteiger partial charge in [0.1, 0.15) is 0 Å². The molecule has 4 nitrogen and oxygen atoms in total. The van der Waals surface area contributed by atoms with E-state index in [1.165, 1.54) is 6.92 Å². The van der Waals surface area contributed by atoms with Crippen molar-refractivity contribution in [3.8, 4) is 0 Å². The summed E-state index contributed by atoms with van der Waals surface area (Å²) in [6, 6.07) is 0. The maximum atomic E-state index is 11.3. The van der Waals surface area contributed by atoms with Gasteiger partial charge < -0.3 is 10.1 Å². The van der Waals surface area contributed by atoms with E-state index in [0.717, 1.165) is 25.3 Å². The van der Waals surface area contributed by atoms with Crippen molar-refractivity contribution in [3.63, 3.8) is 0 Å². The molecule has 1 amide bonds. The molecule has 0 fully saturated rings. The van der Waals surface area contributed by atoms with Crippen LogP contribution in [0.1, 0.15) is 33.1 Å². The monoisotopic (exact) mass is 213 g/mol. The first-order valence-corrected chi connectivity index (χ1v) is 5.22. The molecule has 0 aliphatic heterocycles. The van der Waals surface area contributed by atoms with Crippen molar-refractivity contribution in [2.75, 3.05) is 6.54 Å². The van der Waals surface area contributed by atoms with Crippen LogP contribution >= 0.6 is 0 Å². The summed E-state index contributed by atoms with van der Waals surface area (Å²) in [7, 11) is 0. The highest BCUT2D eigenvalue weighted by Crippen LogP contribution is 1.95. The lowest BCUT2D eigenvalue weighted by Crippen LogP contribution is -2.36. The molecule has 1 N–H and O–H groups in total. The Balaban J connectivity index is 3.69. The smallest absolute Gasteiger partial charge is 0.330 e. The van der Waals surface area contributed by atoms with E-state index in [1.54, 1.807) is 0 Å². The molecule has 0 bridgehead atoms. The highest BCUT2D eigenvalue weighted by atomic mass is 16.5. The maximum absolute atomic E-state index is 11.3. The normalized spacial score (nSPS) is 11.6. The van der Waals surface area contributed by atoms with Gasteiger partial charge in [-0.05, 0) is 13.3 Å². The topological polar surface area (TPSA) is 55.4 Å². The average Bonchev–Trinajstić information content (AvgIpc) is 2.23. The maximum Gasteiger partial charge on any atom is 0.330 e. The number of carbonyl (C=O) groups is 2. The van der Waals surface area contributed by atoms with Crippen molar-refractivity contribution in [3.05, 3.63) is 12.7 Å². The highest BCUT2D eigenvalue weighted by molar-refractivity contribution is 5.86. The Kier molecular flexibility index (Phi) is 7.32. The van der Waals surface area contributed by atoms with Crippen LogP contribution in [0.4, 0.5) is 0 Å². The average molecular weight is 213 g/mol. The standard InChI is InChI=1S/C11H19NO3/c1-4-6-7-8-12-11(14)9(3)15-10(13)5-2/h5,9H,2,4,6-8H2,1,3H3,(H,12,14). The molecule has 1 atom stereocenters. The van der Waals surface area contributed by atoms with Crippen LogP contribution in [0.15, 0.2) is 12.7 Å². The van der Waals surface area contributed by atoms with Gasteiger partial charge in [0, 0.05) is 12.6 Å². The van der Waals surface area contributed by atoms with Crippen LogP contribution < -0.4 is 5.32 Å². The first-order valence-electron chi connectivity index (χ1n) is 5.22. The molecule has 0 spiro atoms. The number of carbonyl (C=O) groups excluding carboxylic acids is 2. The summed E-state index contributed by atoms with van der Waals surface area (Å²) in [6.45, 7) is 7.51. The lowest BCUT2D eigenvalue weighted by molar-refractivity contribution is -0.150. The number of amides is 1. The van der Waals surface area contributed by atoms with Crippen LogP contribution in [-0.2, 0) is 14.3 Å². The molecule has 0 aromatic carbocycles. The predicted molar refractivity (Wildman–Crippen MR) is 58.3 cm³/mol. The lowest BCUT2D eigenvalue weighted by Gasteiger charge is -2.11. The van der Waals surface area contributed by atoms with Gasteiger partial charge >= 0.3 is 5.97 Å². The molecule has 0 rings (SSSR count). The number of hydrogen-bond acceptors (Lipinski definition) is 3. The van der Waals surface area contributed by atoms with Crippen LogP contribution in [0.2, 0.25) is 0 Å². The summed E-state index contributed by atoms with van der Waals surface area (Å²) in [5, 5.41) is 2.70. The Bertz CT molecular complexity index is 226. The van der Waals surface area contributed by atoms with Crippen LogP contribution in [0.3, 0.4) is 0 Å². The Morgan fingerprint density at radius 3 is 2.67 bits per heavy atom. The second-order valence-corrected chi connectivity index (χ2v) is 3.28. The molecule has 0 aromatic heterocycles. The van der Waals surface area contributed by atoms with Crippen LogP contribution in [0.25, 0.3) is 0 Å². The fraction of sp³-hybridized carbons (Fsp3) is 0.636. The van der Waals surface area contributed by atoms with E-state index in [-0.39, 0.29) is 5.91 Å². The molecule has 0 aliphatic carbocycles. The van der Waals surface area contributed by atoms with E-state index in [2.05, 4.69) is 18.8 Å². The highest BCUT2D eigenvalue weighted by Gasteiger charge is 2.14. The molecule has 0 heterocycles. The zero-order chi connectivity index (χ0) is 11.7. The SMILES string of the molecule is C=CC(=O)OC(C)C(=O)NCCCCC. The molecule has 1 unspecified atom stereocenters. The zero-order valence-corrected chi connectivity index (χ0v) is 9.41. The van der Waals surface area contributed by atoms with Gasteiger partial charge in [0.25, 0.3) is 5.91 Å². The van der Waals surface area contributed by atoms with Gasteiger partial charge in [0.05, 0.1) is 0 Å². The number of unbranched alkanes of at least 4 members (excludes halogenated alkanes) is 2. The first kappa shape index (κ1) is 13.7. The molecule has 86 valence electrons. The van der Waals surface area contributed by atoms with Gasteiger partial charge in [-0.25, -0.2) is 4.79 Å². The van der Waals surface area contributed by atoms with Gasteiger partial charge in [-0.3, -0.25) is 4.79 Å². The molecule has 0 aromatic rings. The summed E-state index contributed by atoms with van der Waals surface area (Å²) >= 11 is 0. The minimum atomic E-state index is -0.753. The summed E-state index contributed by atoms with van der Waals surface area (Å²) in [4.78, 5) is 22.1. The van der Waals surface area contributed by atoms with E-state index in [4.69, 9.17) is 4.74 Å². The van der Waals surface area contributed by atoms with Crippen molar-refractivity contribution in [2.45, 2.75) is 39.2 Å². The Hall–Kier alpha value is -1.32. The summed E-state index contributed by atoms with van der Waals surface area (Å²) in [5.74, 6) is -0.840. The zero-order valence-electron chi connectivity index (χ0n) is 9.41. The van der Waals surface area contributed by atoms with E-state index in [9.17, 15) is 9.59 Å². The molecular formula is C11H19NO3. The molecule has 0 aliphatic rings. The van der Waals surface area contributed by atoms with Crippen LogP contribution in [0, 0.1) is 0 Å². The number of hydrogen-bond donors (Lipinski definition) is 1. The summed E-state index contributed by atoms with van der Waals surface area (Å²) < 4.78 is 4.75. The van der Waals surface area contributed by atoms with Crippen molar-refractivity contribution < 1.29 is 14.3 Å². The number of ether oxygens (including phenoxy) is 1. The minimum Gasteiger partial charge on any atom is -0.449 e. The molecular weight excluding hydrogens is 194 g/mol. The second-order valence-electron chi connectivity index (χ2n) is 3.28. The third kappa shape index (κ3) is 6.71. The number of rotatable bonds is 7. The number of esters is 1. The summed E-state index contributed by atoms with van der Waals surface area (Å²) in [5.41, 5.74) is 0. The van der Waals surface area contributed by atoms with E-state index >= 15 is 0 Å². The van der Waals surface area contributed by atoms with E-state index in [0.29, 0.717) is 6.54 Å². The van der Waals surface area contributed by atoms with E-state index in [1.807, 2.05) is 0 Å². The molecule has 15 heavy (non-hydrogen) atoms. The van der Waals surface area contributed by atoms with Crippen LogP contribution in [-0.4, -0.2) is 24.5 Å². The third-order valence-corrected chi connectivity index (χ3v) is 1.91. The minimum absolute atomic E-state index is 0.263. The molecule has 0 saturated heterocycles. The first-order chi connectivity index (χ1) is 7.11. The van der Waals surface area contributed by atoms with Gasteiger partial charge in [-0.1, -0.05) is 26.3 Å². The Morgan fingerprint density at radius 1 is 1.47 bits per heavy atom. The predicted octanol–water partition coefficient (Wildman–Crippen LogP) is 1.41. The fourth-order valence-corrected chi connectivity index (χ4v) is 1.01. The molecule has 4 heteroatoms. The second kappa shape index (κ2) is 8.03. The van der Waals surface area contributed by atoms with Crippen molar-refractivity contribution in [1.29, 1.82) is 0 Å². The quantitative estimate of drug-likeness (QED) is 0.395. The molecule has 0 radical (unpaired) electrons. The lowest BCUT2D eigenvalue weighted by atomic mass is 10.2. The van der Waals surface area contributed by atoms with Crippen molar-refractivity contribution >= 4 is 11.9 Å². The largest absolute Gasteiger partial charge is 0.449 e. The Morgan fingerprint density at radius 2 is 2.13 bits per heavy atom.